The molecule has 2 heterocycles. The summed E-state index contributed by atoms with van der Waals surface area (Å²) in [5.74, 6) is -2.06. The van der Waals surface area contributed by atoms with E-state index in [1.165, 1.54) is 11.4 Å². The molecule has 60 heavy (non-hydrogen) atoms. The van der Waals surface area contributed by atoms with Gasteiger partial charge >= 0.3 is 10.2 Å². The molecular weight excluding hydrogens is 779 g/mol. The molecular formula is C47H77N5O7S. The summed E-state index contributed by atoms with van der Waals surface area (Å²) in [5, 5.41) is 3.29. The number of piperidine rings is 1. The van der Waals surface area contributed by atoms with E-state index in [4.69, 9.17) is 0 Å². The molecule has 0 radical (unpaired) electrons. The molecule has 2 aliphatic heterocycles. The number of rotatable bonds is 16. The van der Waals surface area contributed by atoms with E-state index in [1.54, 1.807) is 4.90 Å². The Balaban J connectivity index is 1.15. The van der Waals surface area contributed by atoms with Crippen molar-refractivity contribution in [2.45, 2.75) is 201 Å². The van der Waals surface area contributed by atoms with Crippen molar-refractivity contribution in [1.82, 2.24) is 24.1 Å². The molecule has 2 spiro atoms. The number of Topliss-reactive ketones (excluding diaryl/α,β-unsaturated/α-hetero) is 2. The van der Waals surface area contributed by atoms with Gasteiger partial charge in [-0.25, -0.2) is 4.72 Å². The van der Waals surface area contributed by atoms with Gasteiger partial charge in [-0.1, -0.05) is 80.1 Å². The van der Waals surface area contributed by atoms with Gasteiger partial charge in [0, 0.05) is 49.9 Å². The number of nitrogens with zero attached hydrogens (tertiary/aromatic N) is 3. The van der Waals surface area contributed by atoms with Gasteiger partial charge in [0.2, 0.25) is 17.7 Å². The highest BCUT2D eigenvalue weighted by Gasteiger charge is 2.85. The number of hydrogen-bond acceptors (Lipinski definition) is 8. The highest BCUT2D eigenvalue weighted by Crippen LogP contribution is 2.88. The van der Waals surface area contributed by atoms with Gasteiger partial charge in [0.15, 0.2) is 11.6 Å². The van der Waals surface area contributed by atoms with Gasteiger partial charge in [-0.15, -0.1) is 0 Å². The lowest BCUT2D eigenvalue weighted by molar-refractivity contribution is -0.147. The Kier molecular flexibility index (Phi) is 12.4. The largest absolute Gasteiger partial charge is 0.345 e. The van der Waals surface area contributed by atoms with Crippen LogP contribution in [-0.2, 0) is 34.2 Å². The lowest BCUT2D eigenvalue weighted by Gasteiger charge is -2.40. The van der Waals surface area contributed by atoms with Gasteiger partial charge in [-0.2, -0.15) is 12.7 Å². The van der Waals surface area contributed by atoms with E-state index < -0.39 is 44.9 Å². The lowest BCUT2D eigenvalue weighted by atomic mass is 9.73. The SMILES string of the molecule is CC[C@@H]1C[C@]1(CC(=O)[C@@H]1C[C@@]2(CN1C(=O)[C@@H](CC(=O)C(NC(=O)[C@@H]1CCCCN1C(C)C)C1CCCCC1)C(C)(C)C)C(C)(C)C21CCC1)C(=O)NS(=O)(=O)N(C)C1CC1. The number of amides is 3. The second-order valence-electron chi connectivity index (χ2n) is 22.4. The molecule has 7 rings (SSSR count). The van der Waals surface area contributed by atoms with Crippen molar-refractivity contribution < 1.29 is 32.4 Å². The molecule has 2 saturated heterocycles. The van der Waals surface area contributed by atoms with E-state index in [0.29, 0.717) is 25.8 Å². The van der Waals surface area contributed by atoms with Crippen molar-refractivity contribution in [1.29, 1.82) is 0 Å². The molecule has 13 heteroatoms. The Hall–Kier alpha value is -2.38. The number of likely N-dealkylation sites (tertiary alicyclic amines) is 2. The molecule has 5 saturated carbocycles. The van der Waals surface area contributed by atoms with Crippen LogP contribution in [0.3, 0.4) is 0 Å². The van der Waals surface area contributed by atoms with Crippen molar-refractivity contribution in [3.63, 3.8) is 0 Å². The first-order chi connectivity index (χ1) is 28.1. The van der Waals surface area contributed by atoms with Crippen LogP contribution < -0.4 is 10.0 Å². The number of fused-ring (bicyclic) bond motifs is 1. The van der Waals surface area contributed by atoms with Crippen LogP contribution in [0.1, 0.15) is 171 Å². The Morgan fingerprint density at radius 1 is 0.850 bits per heavy atom. The van der Waals surface area contributed by atoms with E-state index in [2.05, 4.69) is 42.6 Å². The van der Waals surface area contributed by atoms with Crippen LogP contribution in [0, 0.1) is 44.8 Å². The highest BCUT2D eigenvalue weighted by molar-refractivity contribution is 7.87. The van der Waals surface area contributed by atoms with Crippen molar-refractivity contribution in [3.05, 3.63) is 0 Å². The zero-order valence-electron chi connectivity index (χ0n) is 38.4. The van der Waals surface area contributed by atoms with Crippen LogP contribution in [0.15, 0.2) is 0 Å². The monoisotopic (exact) mass is 856 g/mol. The summed E-state index contributed by atoms with van der Waals surface area (Å²) in [5.41, 5.74) is -2.06. The van der Waals surface area contributed by atoms with E-state index in [-0.39, 0.29) is 82.4 Å². The maximum Gasteiger partial charge on any atom is 0.303 e. The van der Waals surface area contributed by atoms with Gasteiger partial charge < -0.3 is 10.2 Å². The van der Waals surface area contributed by atoms with Crippen molar-refractivity contribution >= 4 is 39.5 Å². The number of nitrogens with one attached hydrogen (secondary N) is 2. The predicted octanol–water partition coefficient (Wildman–Crippen LogP) is 6.56. The van der Waals surface area contributed by atoms with Gasteiger partial charge in [-0.3, -0.25) is 28.9 Å². The lowest BCUT2D eigenvalue weighted by Crippen LogP contribution is -2.57. The average Bonchev–Trinajstić information content (AvgIpc) is 4.13. The summed E-state index contributed by atoms with van der Waals surface area (Å²) < 4.78 is 30.1. The highest BCUT2D eigenvalue weighted by atomic mass is 32.2. The van der Waals surface area contributed by atoms with E-state index in [1.807, 2.05) is 27.7 Å². The Morgan fingerprint density at radius 3 is 2.03 bits per heavy atom. The quantitative estimate of drug-likeness (QED) is 0.177. The Bertz CT molecular complexity index is 1810. The summed E-state index contributed by atoms with van der Waals surface area (Å²) in [4.78, 5) is 77.4. The molecule has 2 N–H and O–H groups in total. The molecule has 12 nitrogen and oxygen atoms in total. The molecule has 7 fully saturated rings. The second-order valence-corrected chi connectivity index (χ2v) is 24.2. The summed E-state index contributed by atoms with van der Waals surface area (Å²) in [7, 11) is -2.57. The number of ketones is 2. The molecule has 1 unspecified atom stereocenters. The molecule has 0 aromatic heterocycles. The van der Waals surface area contributed by atoms with Crippen molar-refractivity contribution in [2.75, 3.05) is 20.1 Å². The normalized spacial score (nSPS) is 32.5. The summed E-state index contributed by atoms with van der Waals surface area (Å²) >= 11 is 0. The molecule has 0 bridgehead atoms. The summed E-state index contributed by atoms with van der Waals surface area (Å²) in [6.45, 7) is 18.0. The van der Waals surface area contributed by atoms with E-state index in [9.17, 15) is 27.6 Å². The molecule has 0 aromatic rings. The topological polar surface area (TPSA) is 153 Å². The van der Waals surface area contributed by atoms with Crippen molar-refractivity contribution in [2.24, 2.45) is 44.8 Å². The second kappa shape index (κ2) is 16.3. The first-order valence-electron chi connectivity index (χ1n) is 23.8. The van der Waals surface area contributed by atoms with Gasteiger partial charge in [0.05, 0.1) is 23.5 Å². The minimum Gasteiger partial charge on any atom is -0.345 e. The predicted molar refractivity (Wildman–Crippen MR) is 231 cm³/mol. The zero-order valence-corrected chi connectivity index (χ0v) is 39.2. The third kappa shape index (κ3) is 7.83. The maximum atomic E-state index is 15.4. The first-order valence-corrected chi connectivity index (χ1v) is 25.2. The fraction of sp³-hybridized carbons (Fsp3) is 0.894. The van der Waals surface area contributed by atoms with E-state index >= 15 is 4.79 Å². The van der Waals surface area contributed by atoms with Gasteiger partial charge in [0.25, 0.3) is 0 Å². The van der Waals surface area contributed by atoms with Crippen LogP contribution >= 0.6 is 0 Å². The fourth-order valence-electron chi connectivity index (χ4n) is 13.3. The molecule has 338 valence electrons. The van der Waals surface area contributed by atoms with Crippen LogP contribution in [0.5, 0.6) is 0 Å². The smallest absolute Gasteiger partial charge is 0.303 e. The number of hydrogen-bond donors (Lipinski definition) is 2. The Labute approximate surface area is 361 Å². The van der Waals surface area contributed by atoms with E-state index in [0.717, 1.165) is 90.0 Å². The van der Waals surface area contributed by atoms with Crippen LogP contribution in [0.25, 0.3) is 0 Å². The standard InChI is InChI=1S/C47H77N5O7S/c1-10-32-26-45(32,42(57)49-60(58,59)50(9)33-20-21-33)28-38(54)36-27-47(44(7,8)46(47)22-16-23-46)29-52(36)41(56)34(43(4,5)6)25-37(53)39(31-17-12-11-13-18-31)48-40(55)35-19-14-15-24-51(35)30(2)3/h30-36,39H,10-29H2,1-9H3,(H,48,55)(H,49,57)/t32-,34-,35+,36+,39?,45-,47-/m1/s1. The molecule has 5 aliphatic carbocycles. The average molecular weight is 856 g/mol. The van der Waals surface area contributed by atoms with Crippen molar-refractivity contribution in [3.8, 4) is 0 Å². The number of carbonyl (C=O) groups is 5. The number of carbonyl (C=O) groups excluding carboxylic acids is 5. The Morgan fingerprint density at radius 2 is 1.50 bits per heavy atom. The third-order valence-corrected chi connectivity index (χ3v) is 19.3. The van der Waals surface area contributed by atoms with Gasteiger partial charge in [-0.05, 0) is 113 Å². The molecule has 7 atom stereocenters. The first kappa shape index (κ1) is 45.6. The minimum absolute atomic E-state index is 0.0115. The van der Waals surface area contributed by atoms with Crippen LogP contribution in [0.2, 0.25) is 0 Å². The minimum atomic E-state index is -4.06. The van der Waals surface area contributed by atoms with Crippen LogP contribution in [-0.4, -0.2) is 102 Å². The maximum absolute atomic E-state index is 15.4. The summed E-state index contributed by atoms with van der Waals surface area (Å²) in [6.07, 6.45) is 13.8. The molecule has 0 aromatic carbocycles. The van der Waals surface area contributed by atoms with Gasteiger partial charge in [0.1, 0.15) is 0 Å². The zero-order chi connectivity index (χ0) is 43.8. The molecule has 3 amide bonds. The fourth-order valence-corrected chi connectivity index (χ4v) is 14.5. The molecule has 7 aliphatic rings. The third-order valence-electron chi connectivity index (χ3n) is 17.8. The van der Waals surface area contributed by atoms with Crippen LogP contribution in [0.4, 0.5) is 0 Å². The summed E-state index contributed by atoms with van der Waals surface area (Å²) in [6, 6.07) is -1.64.